The van der Waals surface area contributed by atoms with Crippen LogP contribution in [-0.4, -0.2) is 20.7 Å². The molecule has 0 saturated heterocycles. The highest BCUT2D eigenvalue weighted by Gasteiger charge is 2.10. The molecule has 3 aromatic rings. The van der Waals surface area contributed by atoms with E-state index in [9.17, 15) is 9.18 Å². The van der Waals surface area contributed by atoms with Crippen LogP contribution in [-0.2, 0) is 17.8 Å². The molecule has 0 atom stereocenters. The number of rotatable bonds is 4. The standard InChI is InChI=1S/C14H13FN4OS/c1-2-13-17-18-14(21-13)16-12(20)8-19-6-5-9-7-10(15)3-4-11(9)19/h3-7H,2,8H2,1H3,(H,16,18,20). The van der Waals surface area contributed by atoms with Gasteiger partial charge in [0, 0.05) is 17.1 Å². The number of amides is 1. The van der Waals surface area contributed by atoms with E-state index in [0.717, 1.165) is 22.3 Å². The molecule has 1 N–H and O–H groups in total. The predicted octanol–water partition coefficient (Wildman–Crippen LogP) is 2.83. The lowest BCUT2D eigenvalue weighted by Crippen LogP contribution is -2.18. The highest BCUT2D eigenvalue weighted by atomic mass is 32.1. The summed E-state index contributed by atoms with van der Waals surface area (Å²) < 4.78 is 14.9. The molecule has 0 aliphatic rings. The molecular weight excluding hydrogens is 291 g/mol. The average molecular weight is 304 g/mol. The van der Waals surface area contributed by atoms with Gasteiger partial charge >= 0.3 is 0 Å². The highest BCUT2D eigenvalue weighted by molar-refractivity contribution is 7.15. The Labute approximate surface area is 124 Å². The third-order valence-corrected chi connectivity index (χ3v) is 4.05. The van der Waals surface area contributed by atoms with Gasteiger partial charge in [0.05, 0.1) is 0 Å². The zero-order valence-electron chi connectivity index (χ0n) is 11.3. The molecule has 0 bridgehead atoms. The Kier molecular flexibility index (Phi) is 3.66. The first kappa shape index (κ1) is 13.7. The van der Waals surface area contributed by atoms with Crippen LogP contribution in [0, 0.1) is 5.82 Å². The normalized spacial score (nSPS) is 11.0. The Bertz CT molecular complexity index is 795. The van der Waals surface area contributed by atoms with E-state index >= 15 is 0 Å². The van der Waals surface area contributed by atoms with Gasteiger partial charge in [-0.3, -0.25) is 10.1 Å². The van der Waals surface area contributed by atoms with Gasteiger partial charge in [-0.05, 0) is 30.7 Å². The van der Waals surface area contributed by atoms with Crippen LogP contribution in [0.5, 0.6) is 0 Å². The fourth-order valence-corrected chi connectivity index (χ4v) is 2.77. The predicted molar refractivity (Wildman–Crippen MR) is 79.8 cm³/mol. The van der Waals surface area contributed by atoms with E-state index in [0.29, 0.717) is 5.13 Å². The van der Waals surface area contributed by atoms with Gasteiger partial charge in [0.2, 0.25) is 11.0 Å². The van der Waals surface area contributed by atoms with Crippen molar-refractivity contribution < 1.29 is 9.18 Å². The number of hydrogen-bond acceptors (Lipinski definition) is 4. The van der Waals surface area contributed by atoms with Crippen molar-refractivity contribution in [2.45, 2.75) is 19.9 Å². The third kappa shape index (κ3) is 2.92. The Morgan fingerprint density at radius 2 is 2.24 bits per heavy atom. The van der Waals surface area contributed by atoms with Crippen molar-refractivity contribution in [3.05, 3.63) is 41.3 Å². The maximum Gasteiger partial charge on any atom is 0.246 e. The maximum atomic E-state index is 13.1. The van der Waals surface area contributed by atoms with Gasteiger partial charge in [-0.15, -0.1) is 10.2 Å². The Morgan fingerprint density at radius 3 is 3.00 bits per heavy atom. The van der Waals surface area contributed by atoms with Crippen molar-refractivity contribution in [2.75, 3.05) is 5.32 Å². The number of fused-ring (bicyclic) bond motifs is 1. The summed E-state index contributed by atoms with van der Waals surface area (Å²) >= 11 is 1.37. The lowest BCUT2D eigenvalue weighted by molar-refractivity contribution is -0.116. The van der Waals surface area contributed by atoms with E-state index < -0.39 is 0 Å². The molecule has 2 heterocycles. The fourth-order valence-electron chi connectivity index (χ4n) is 2.07. The molecule has 3 rings (SSSR count). The van der Waals surface area contributed by atoms with Crippen LogP contribution < -0.4 is 5.32 Å². The Hall–Kier alpha value is -2.28. The van der Waals surface area contributed by atoms with Crippen molar-refractivity contribution in [1.82, 2.24) is 14.8 Å². The van der Waals surface area contributed by atoms with Crippen LogP contribution in [0.3, 0.4) is 0 Å². The van der Waals surface area contributed by atoms with Gasteiger partial charge in [-0.25, -0.2) is 4.39 Å². The summed E-state index contributed by atoms with van der Waals surface area (Å²) in [4.78, 5) is 12.0. The van der Waals surface area contributed by atoms with Crippen molar-refractivity contribution in [2.24, 2.45) is 0 Å². The van der Waals surface area contributed by atoms with Crippen molar-refractivity contribution in [3.8, 4) is 0 Å². The van der Waals surface area contributed by atoms with E-state index in [4.69, 9.17) is 0 Å². The molecule has 21 heavy (non-hydrogen) atoms. The highest BCUT2D eigenvalue weighted by Crippen LogP contribution is 2.18. The lowest BCUT2D eigenvalue weighted by atomic mass is 10.2. The number of nitrogens with one attached hydrogen (secondary N) is 1. The molecule has 5 nitrogen and oxygen atoms in total. The van der Waals surface area contributed by atoms with Gasteiger partial charge in [-0.1, -0.05) is 18.3 Å². The fraction of sp³-hybridized carbons (Fsp3) is 0.214. The number of nitrogens with zero attached hydrogens (tertiary/aromatic N) is 3. The van der Waals surface area contributed by atoms with Gasteiger partial charge in [0.1, 0.15) is 17.4 Å². The number of hydrogen-bond donors (Lipinski definition) is 1. The monoisotopic (exact) mass is 304 g/mol. The van der Waals surface area contributed by atoms with Gasteiger partial charge in [0.25, 0.3) is 0 Å². The first-order valence-corrected chi connectivity index (χ1v) is 7.34. The minimum Gasteiger partial charge on any atom is -0.338 e. The van der Waals surface area contributed by atoms with Gasteiger partial charge in [0.15, 0.2) is 0 Å². The maximum absolute atomic E-state index is 13.1. The van der Waals surface area contributed by atoms with E-state index in [1.54, 1.807) is 22.9 Å². The van der Waals surface area contributed by atoms with Crippen molar-refractivity contribution in [3.63, 3.8) is 0 Å². The summed E-state index contributed by atoms with van der Waals surface area (Å²) in [6.07, 6.45) is 2.56. The second kappa shape index (κ2) is 5.61. The van der Waals surface area contributed by atoms with Crippen LogP contribution in [0.1, 0.15) is 11.9 Å². The number of anilines is 1. The summed E-state index contributed by atoms with van der Waals surface area (Å²) in [7, 11) is 0. The molecule has 1 amide bonds. The average Bonchev–Trinajstić information content (AvgIpc) is 3.06. The van der Waals surface area contributed by atoms with E-state index in [1.165, 1.54) is 23.5 Å². The number of carbonyl (C=O) groups excluding carboxylic acids is 1. The molecule has 1 aromatic carbocycles. The van der Waals surface area contributed by atoms with Crippen molar-refractivity contribution in [1.29, 1.82) is 0 Å². The minimum atomic E-state index is -0.286. The third-order valence-electron chi connectivity index (χ3n) is 3.06. The molecule has 0 aliphatic heterocycles. The number of aromatic nitrogens is 3. The van der Waals surface area contributed by atoms with Crippen LogP contribution in [0.25, 0.3) is 10.9 Å². The van der Waals surface area contributed by atoms with E-state index in [2.05, 4.69) is 15.5 Å². The summed E-state index contributed by atoms with van der Waals surface area (Å²) in [6, 6.07) is 6.28. The Balaban J connectivity index is 1.74. The smallest absolute Gasteiger partial charge is 0.246 e. The molecule has 0 fully saturated rings. The van der Waals surface area contributed by atoms with Gasteiger partial charge < -0.3 is 4.57 Å². The number of aryl methyl sites for hydroxylation is 1. The SMILES string of the molecule is CCc1nnc(NC(=O)Cn2ccc3cc(F)ccc32)s1. The number of carbonyl (C=O) groups is 1. The largest absolute Gasteiger partial charge is 0.338 e. The summed E-state index contributed by atoms with van der Waals surface area (Å²) in [5, 5.41) is 12.7. The molecule has 0 aliphatic carbocycles. The Morgan fingerprint density at radius 1 is 1.38 bits per heavy atom. The zero-order chi connectivity index (χ0) is 14.8. The second-order valence-corrected chi connectivity index (χ2v) is 5.61. The van der Waals surface area contributed by atoms with Crippen molar-refractivity contribution >= 4 is 33.3 Å². The van der Waals surface area contributed by atoms with Crippen LogP contribution in [0.15, 0.2) is 30.5 Å². The topological polar surface area (TPSA) is 59.8 Å². The molecule has 108 valence electrons. The van der Waals surface area contributed by atoms with E-state index in [1.807, 2.05) is 6.92 Å². The van der Waals surface area contributed by atoms with Crippen LogP contribution >= 0.6 is 11.3 Å². The molecule has 2 aromatic heterocycles. The van der Waals surface area contributed by atoms with Gasteiger partial charge in [-0.2, -0.15) is 0 Å². The first-order valence-electron chi connectivity index (χ1n) is 6.52. The molecular formula is C14H13FN4OS. The first-order chi connectivity index (χ1) is 10.2. The van der Waals surface area contributed by atoms with E-state index in [-0.39, 0.29) is 18.3 Å². The molecule has 0 unspecified atom stereocenters. The molecule has 7 heteroatoms. The number of halogens is 1. The lowest BCUT2D eigenvalue weighted by Gasteiger charge is -2.05. The number of benzene rings is 1. The molecule has 0 saturated carbocycles. The molecule has 0 spiro atoms. The molecule has 0 radical (unpaired) electrons. The summed E-state index contributed by atoms with van der Waals surface area (Å²) in [6.45, 7) is 2.13. The minimum absolute atomic E-state index is 0.149. The quantitative estimate of drug-likeness (QED) is 0.806. The summed E-state index contributed by atoms with van der Waals surface area (Å²) in [5.41, 5.74) is 0.818. The van der Waals surface area contributed by atoms with Crippen LogP contribution in [0.4, 0.5) is 9.52 Å². The summed E-state index contributed by atoms with van der Waals surface area (Å²) in [5.74, 6) is -0.471. The van der Waals surface area contributed by atoms with Crippen LogP contribution in [0.2, 0.25) is 0 Å². The zero-order valence-corrected chi connectivity index (χ0v) is 12.2. The second-order valence-electron chi connectivity index (χ2n) is 4.55.